The topological polar surface area (TPSA) is 35.2 Å². The van der Waals surface area contributed by atoms with Gasteiger partial charge < -0.3 is 5.73 Å². The van der Waals surface area contributed by atoms with Crippen LogP contribution in [0.25, 0.3) is 0 Å². The highest BCUT2D eigenvalue weighted by Crippen LogP contribution is 2.63. The Morgan fingerprint density at radius 2 is 1.81 bits per heavy atom. The predicted octanol–water partition coefficient (Wildman–Crippen LogP) is 8.80. The lowest BCUT2D eigenvalue weighted by molar-refractivity contribution is 0.0356. The van der Waals surface area contributed by atoms with Gasteiger partial charge in [0.2, 0.25) is 0 Å². The van der Waals surface area contributed by atoms with Gasteiger partial charge in [-0.3, -0.25) is 0 Å². The molecule has 0 spiro atoms. The molecule has 2 nitrogen and oxygen atoms in total. The fourth-order valence-corrected chi connectivity index (χ4v) is 6.93. The van der Waals surface area contributed by atoms with Crippen LogP contribution in [0.15, 0.2) is 49.1 Å². The Balaban J connectivity index is 0.00000113. The summed E-state index contributed by atoms with van der Waals surface area (Å²) in [7, 11) is 0. The first-order chi connectivity index (χ1) is 14.7. The Morgan fingerprint density at radius 3 is 2.39 bits per heavy atom. The minimum Gasteiger partial charge on any atom is -0.324 e. The second kappa shape index (κ2) is 12.1. The molecule has 178 valence electrons. The van der Waals surface area contributed by atoms with Crippen LogP contribution in [0.4, 0.5) is 0 Å². The molecule has 4 heteroatoms. The van der Waals surface area contributed by atoms with E-state index >= 15 is 0 Å². The SMILES string of the molecule is C=C.C=CC1CC2(C)C3=C(CCC2(N)CC1C(=C)CCSOCl)C(C)(C)CCC3.CC. The van der Waals surface area contributed by atoms with Gasteiger partial charge in [0.05, 0.1) is 11.9 Å². The van der Waals surface area contributed by atoms with Crippen molar-refractivity contribution in [2.45, 2.75) is 91.5 Å². The van der Waals surface area contributed by atoms with E-state index in [1.807, 2.05) is 13.8 Å². The van der Waals surface area contributed by atoms with Crippen molar-refractivity contribution in [3.63, 3.8) is 0 Å². The van der Waals surface area contributed by atoms with E-state index in [4.69, 9.17) is 17.6 Å². The molecular weight excluding hydrogens is 422 g/mol. The first-order valence-corrected chi connectivity index (χ1v) is 13.1. The molecule has 4 unspecified atom stereocenters. The summed E-state index contributed by atoms with van der Waals surface area (Å²) in [4.78, 5) is 0. The van der Waals surface area contributed by atoms with Crippen molar-refractivity contribution in [1.29, 1.82) is 0 Å². The van der Waals surface area contributed by atoms with Crippen LogP contribution in [0, 0.1) is 22.7 Å². The van der Waals surface area contributed by atoms with Crippen molar-refractivity contribution in [1.82, 2.24) is 0 Å². The fraction of sp³-hybridized carbons (Fsp3) is 0.704. The van der Waals surface area contributed by atoms with Gasteiger partial charge in [0.15, 0.2) is 0 Å². The van der Waals surface area contributed by atoms with E-state index in [1.54, 1.807) is 11.1 Å². The van der Waals surface area contributed by atoms with E-state index in [0.717, 1.165) is 31.4 Å². The molecule has 0 saturated heterocycles. The minimum atomic E-state index is -0.136. The van der Waals surface area contributed by atoms with Gasteiger partial charge in [-0.05, 0) is 68.6 Å². The normalized spacial score (nSPS) is 33.5. The maximum atomic E-state index is 7.23. The Kier molecular flexibility index (Phi) is 11.2. The number of rotatable bonds is 6. The van der Waals surface area contributed by atoms with Gasteiger partial charge in [0.1, 0.15) is 0 Å². The van der Waals surface area contributed by atoms with Crippen molar-refractivity contribution < 1.29 is 3.74 Å². The van der Waals surface area contributed by atoms with Crippen LogP contribution in [-0.4, -0.2) is 11.3 Å². The van der Waals surface area contributed by atoms with Crippen LogP contribution in [0.2, 0.25) is 0 Å². The standard InChI is InChI=1S/C23H36ClNOS.C2H6.C2H4/c1-6-17-14-22(5)20-8-7-11-21(3,4)19(20)9-12-23(22,25)15-18(17)16(2)10-13-27-26-24;2*1-2/h6,17-18H,1-2,7-15,25H2,3-5H3;1-2H3;1-2H2. The average Bonchev–Trinajstić information content (AvgIpc) is 2.76. The predicted molar refractivity (Wildman–Crippen MR) is 141 cm³/mol. The van der Waals surface area contributed by atoms with Gasteiger partial charge >= 0.3 is 0 Å². The van der Waals surface area contributed by atoms with Gasteiger partial charge in [-0.15, -0.1) is 19.7 Å². The van der Waals surface area contributed by atoms with Crippen LogP contribution in [-0.2, 0) is 3.74 Å². The molecule has 1 saturated carbocycles. The number of hydrogen-bond acceptors (Lipinski definition) is 3. The van der Waals surface area contributed by atoms with Gasteiger partial charge in [0, 0.05) is 28.7 Å². The Hall–Kier alpha value is -0.480. The van der Waals surface area contributed by atoms with E-state index in [-0.39, 0.29) is 11.0 Å². The maximum Gasteiger partial charge on any atom is 0.0753 e. The maximum absolute atomic E-state index is 7.23. The monoisotopic (exact) mass is 467 g/mol. The molecule has 3 rings (SSSR count). The average molecular weight is 468 g/mol. The van der Waals surface area contributed by atoms with Gasteiger partial charge in [-0.2, -0.15) is 0 Å². The molecule has 31 heavy (non-hydrogen) atoms. The lowest BCUT2D eigenvalue weighted by Crippen LogP contribution is -2.62. The molecule has 0 aromatic rings. The molecule has 0 amide bonds. The molecule has 0 radical (unpaired) electrons. The number of halogens is 1. The van der Waals surface area contributed by atoms with Crippen molar-refractivity contribution >= 4 is 23.9 Å². The largest absolute Gasteiger partial charge is 0.324 e. The zero-order chi connectivity index (χ0) is 23.9. The molecule has 0 aliphatic heterocycles. The van der Waals surface area contributed by atoms with Crippen LogP contribution in [0.3, 0.4) is 0 Å². The number of hydrogen-bond donors (Lipinski definition) is 1. The zero-order valence-corrected chi connectivity index (χ0v) is 22.3. The summed E-state index contributed by atoms with van der Waals surface area (Å²) in [5.41, 5.74) is 12.2. The van der Waals surface area contributed by atoms with Gasteiger partial charge in [-0.1, -0.05) is 64.0 Å². The first-order valence-electron chi connectivity index (χ1n) is 11.9. The van der Waals surface area contributed by atoms with E-state index in [2.05, 4.69) is 56.9 Å². The molecule has 4 atom stereocenters. The highest BCUT2D eigenvalue weighted by atomic mass is 35.5. The Bertz CT molecular complexity index is 658. The molecule has 0 bridgehead atoms. The third-order valence-corrected chi connectivity index (χ3v) is 8.85. The lowest BCUT2D eigenvalue weighted by Gasteiger charge is -2.61. The molecule has 3 aliphatic carbocycles. The second-order valence-corrected chi connectivity index (χ2v) is 11.0. The molecule has 0 aromatic heterocycles. The molecule has 3 aliphatic rings. The fourth-order valence-electron chi connectivity index (χ4n) is 6.34. The van der Waals surface area contributed by atoms with Crippen molar-refractivity contribution in [2.75, 3.05) is 5.75 Å². The van der Waals surface area contributed by atoms with E-state index in [1.165, 1.54) is 43.3 Å². The van der Waals surface area contributed by atoms with E-state index < -0.39 is 0 Å². The Morgan fingerprint density at radius 1 is 1.16 bits per heavy atom. The summed E-state index contributed by atoms with van der Waals surface area (Å²) in [6, 6.07) is 0. The molecular formula is C27H46ClNOS. The smallest absolute Gasteiger partial charge is 0.0753 e. The highest BCUT2D eigenvalue weighted by Gasteiger charge is 2.57. The van der Waals surface area contributed by atoms with Crippen LogP contribution in [0.1, 0.15) is 86.0 Å². The van der Waals surface area contributed by atoms with Crippen LogP contribution in [0.5, 0.6) is 0 Å². The number of allylic oxidation sites excluding steroid dienone is 3. The minimum absolute atomic E-state index is 0.0852. The van der Waals surface area contributed by atoms with Crippen molar-refractivity contribution in [3.8, 4) is 0 Å². The van der Waals surface area contributed by atoms with E-state index in [9.17, 15) is 0 Å². The summed E-state index contributed by atoms with van der Waals surface area (Å²) in [6.07, 6.45) is 11.3. The molecule has 0 heterocycles. The summed E-state index contributed by atoms with van der Waals surface area (Å²) in [5, 5.41) is 0. The third-order valence-electron chi connectivity index (χ3n) is 8.12. The summed E-state index contributed by atoms with van der Waals surface area (Å²) >= 11 is 6.62. The zero-order valence-electron chi connectivity index (χ0n) is 20.7. The summed E-state index contributed by atoms with van der Waals surface area (Å²) < 4.78 is 4.63. The lowest BCUT2D eigenvalue weighted by atomic mass is 9.46. The highest BCUT2D eigenvalue weighted by molar-refractivity contribution is 7.95. The molecule has 2 N–H and O–H groups in total. The van der Waals surface area contributed by atoms with Crippen molar-refractivity contribution in [3.05, 3.63) is 49.1 Å². The quantitative estimate of drug-likeness (QED) is 0.240. The van der Waals surface area contributed by atoms with Gasteiger partial charge in [0.25, 0.3) is 0 Å². The molecule has 0 aromatic carbocycles. The Labute approximate surface area is 202 Å². The van der Waals surface area contributed by atoms with Gasteiger partial charge in [-0.25, -0.2) is 3.74 Å². The summed E-state index contributed by atoms with van der Waals surface area (Å²) in [5.74, 6) is 1.69. The van der Waals surface area contributed by atoms with Crippen LogP contribution < -0.4 is 5.73 Å². The first kappa shape index (κ1) is 28.6. The number of fused-ring (bicyclic) bond motifs is 2. The number of nitrogens with two attached hydrogens (primary N) is 1. The van der Waals surface area contributed by atoms with E-state index in [0.29, 0.717) is 17.3 Å². The summed E-state index contributed by atoms with van der Waals surface area (Å²) in [6.45, 7) is 25.9. The second-order valence-electron chi connectivity index (χ2n) is 9.89. The van der Waals surface area contributed by atoms with Crippen molar-refractivity contribution in [2.24, 2.45) is 28.4 Å². The van der Waals surface area contributed by atoms with Crippen LogP contribution >= 0.6 is 23.9 Å². The molecule has 1 fully saturated rings. The third kappa shape index (κ3) is 5.72.